The lowest BCUT2D eigenvalue weighted by Gasteiger charge is -2.27. The highest BCUT2D eigenvalue weighted by Gasteiger charge is 2.37. The van der Waals surface area contributed by atoms with Crippen molar-refractivity contribution in [3.05, 3.63) is 87.9 Å². The number of amides is 4. The average Bonchev–Trinajstić information content (AvgIpc) is 2.84. The number of hydrogen-bond acceptors (Lipinski definition) is 7. The number of methoxy groups -OCH3 is 1. The fourth-order valence-electron chi connectivity index (χ4n) is 3.32. The number of halogens is 2. The molecule has 4 amide bonds. The Kier molecular flexibility index (Phi) is 7.02. The van der Waals surface area contributed by atoms with Gasteiger partial charge in [-0.2, -0.15) is 8.42 Å². The lowest BCUT2D eigenvalue weighted by atomic mass is 10.1. The van der Waals surface area contributed by atoms with Gasteiger partial charge in [0.1, 0.15) is 10.5 Å². The highest BCUT2D eigenvalue weighted by molar-refractivity contribution is 7.87. The number of carbonyl (C=O) groups is 3. The molecule has 3 aromatic carbocycles. The zero-order valence-corrected chi connectivity index (χ0v) is 20.7. The van der Waals surface area contributed by atoms with E-state index in [2.05, 4.69) is 5.32 Å². The van der Waals surface area contributed by atoms with Crippen LogP contribution in [0.4, 0.5) is 10.5 Å². The smallest absolute Gasteiger partial charge is 0.339 e. The molecule has 0 aliphatic carbocycles. The minimum Gasteiger partial charge on any atom is -0.493 e. The van der Waals surface area contributed by atoms with Crippen LogP contribution in [0.15, 0.2) is 77.2 Å². The quantitative estimate of drug-likeness (QED) is 0.275. The van der Waals surface area contributed by atoms with E-state index >= 15 is 0 Å². The number of carbonyl (C=O) groups excluding carboxylic acids is 3. The van der Waals surface area contributed by atoms with E-state index in [1.165, 1.54) is 61.7 Å². The third kappa shape index (κ3) is 4.92. The van der Waals surface area contributed by atoms with Crippen molar-refractivity contribution < 1.29 is 31.7 Å². The topological polar surface area (TPSA) is 119 Å². The first-order valence-corrected chi connectivity index (χ1v) is 12.3. The molecule has 1 aliphatic rings. The SMILES string of the molecule is COc1cc(/C=C2\C(=O)NC(=O)N(c3ccccc3Cl)C2=O)cc(Cl)c1OS(=O)(=O)c1ccccc1. The summed E-state index contributed by atoms with van der Waals surface area (Å²) in [5.41, 5.74) is -0.1000. The summed E-state index contributed by atoms with van der Waals surface area (Å²) in [7, 11) is -2.96. The van der Waals surface area contributed by atoms with Crippen molar-refractivity contribution in [2.45, 2.75) is 4.90 Å². The number of para-hydroxylation sites is 1. The van der Waals surface area contributed by atoms with Crippen LogP contribution in [0.2, 0.25) is 10.0 Å². The molecule has 4 rings (SSSR count). The van der Waals surface area contributed by atoms with Crippen LogP contribution >= 0.6 is 23.2 Å². The second kappa shape index (κ2) is 10.0. The number of benzene rings is 3. The molecule has 0 saturated carbocycles. The van der Waals surface area contributed by atoms with E-state index in [9.17, 15) is 22.8 Å². The lowest BCUT2D eigenvalue weighted by molar-refractivity contribution is -0.122. The first-order valence-electron chi connectivity index (χ1n) is 10.2. The zero-order chi connectivity index (χ0) is 26.0. The Morgan fingerprint density at radius 2 is 1.58 bits per heavy atom. The van der Waals surface area contributed by atoms with Gasteiger partial charge in [-0.15, -0.1) is 0 Å². The molecule has 0 bridgehead atoms. The summed E-state index contributed by atoms with van der Waals surface area (Å²) < 4.78 is 35.7. The molecule has 1 N–H and O–H groups in total. The van der Waals surface area contributed by atoms with Gasteiger partial charge < -0.3 is 8.92 Å². The normalized spacial score (nSPS) is 15.1. The first kappa shape index (κ1) is 25.2. The van der Waals surface area contributed by atoms with Crippen LogP contribution in [0, 0.1) is 0 Å². The molecule has 1 fully saturated rings. The molecule has 3 aromatic rings. The van der Waals surface area contributed by atoms with Crippen molar-refractivity contribution in [1.82, 2.24) is 5.32 Å². The molecule has 9 nitrogen and oxygen atoms in total. The summed E-state index contributed by atoms with van der Waals surface area (Å²) in [6.07, 6.45) is 1.18. The molecular formula is C24H16Cl2N2O7S. The molecule has 0 spiro atoms. The molecule has 1 heterocycles. The van der Waals surface area contributed by atoms with Crippen molar-refractivity contribution in [2.75, 3.05) is 12.0 Å². The monoisotopic (exact) mass is 546 g/mol. The highest BCUT2D eigenvalue weighted by atomic mass is 35.5. The fourth-order valence-corrected chi connectivity index (χ4v) is 4.83. The third-order valence-electron chi connectivity index (χ3n) is 4.98. The second-order valence-corrected chi connectivity index (χ2v) is 9.65. The van der Waals surface area contributed by atoms with Gasteiger partial charge in [-0.25, -0.2) is 9.69 Å². The third-order valence-corrected chi connectivity index (χ3v) is 6.82. The van der Waals surface area contributed by atoms with Gasteiger partial charge in [0.15, 0.2) is 5.75 Å². The number of nitrogens with zero attached hydrogens (tertiary/aromatic N) is 1. The molecule has 184 valence electrons. The summed E-state index contributed by atoms with van der Waals surface area (Å²) >= 11 is 12.4. The zero-order valence-electron chi connectivity index (χ0n) is 18.4. The molecule has 36 heavy (non-hydrogen) atoms. The van der Waals surface area contributed by atoms with Gasteiger partial charge in [0, 0.05) is 0 Å². The van der Waals surface area contributed by atoms with Crippen molar-refractivity contribution in [3.63, 3.8) is 0 Å². The Balaban J connectivity index is 1.72. The highest BCUT2D eigenvalue weighted by Crippen LogP contribution is 2.39. The summed E-state index contributed by atoms with van der Waals surface area (Å²) in [5.74, 6) is -2.21. The lowest BCUT2D eigenvalue weighted by Crippen LogP contribution is -2.54. The number of urea groups is 1. The minimum atomic E-state index is -4.23. The Morgan fingerprint density at radius 1 is 0.917 bits per heavy atom. The van der Waals surface area contributed by atoms with E-state index < -0.39 is 33.5 Å². The second-order valence-electron chi connectivity index (χ2n) is 7.29. The predicted molar refractivity (Wildman–Crippen MR) is 133 cm³/mol. The Bertz CT molecular complexity index is 1520. The van der Waals surface area contributed by atoms with Gasteiger partial charge in [0.2, 0.25) is 5.75 Å². The maximum absolute atomic E-state index is 13.1. The van der Waals surface area contributed by atoms with Crippen LogP contribution in [-0.2, 0) is 19.7 Å². The van der Waals surface area contributed by atoms with Gasteiger partial charge in [0.05, 0.1) is 22.8 Å². The summed E-state index contributed by atoms with van der Waals surface area (Å²) in [4.78, 5) is 38.6. The van der Waals surface area contributed by atoms with Crippen molar-refractivity contribution >= 4 is 62.9 Å². The molecule has 0 atom stereocenters. The van der Waals surface area contributed by atoms with E-state index in [0.29, 0.717) is 0 Å². The summed E-state index contributed by atoms with van der Waals surface area (Å²) in [6.45, 7) is 0. The standard InChI is InChI=1S/C24H16Cl2N2O7S/c1-34-20-13-14(12-18(26)21(20)35-36(32,33)15-7-3-2-4-8-15)11-16-22(29)27-24(31)28(23(16)30)19-10-6-5-9-17(19)25/h2-13H,1H3,(H,27,29,31)/b16-11+. The van der Waals surface area contributed by atoms with Crippen LogP contribution in [-0.4, -0.2) is 33.4 Å². The first-order chi connectivity index (χ1) is 17.1. The number of imide groups is 2. The number of hydrogen-bond donors (Lipinski definition) is 1. The van der Waals surface area contributed by atoms with E-state index in [1.54, 1.807) is 18.2 Å². The van der Waals surface area contributed by atoms with Gasteiger partial charge in [-0.05, 0) is 48.0 Å². The molecule has 1 aliphatic heterocycles. The molecule has 0 unspecified atom stereocenters. The van der Waals surface area contributed by atoms with Gasteiger partial charge >= 0.3 is 16.1 Å². The molecular weight excluding hydrogens is 531 g/mol. The molecule has 1 saturated heterocycles. The van der Waals surface area contributed by atoms with Crippen LogP contribution in [0.3, 0.4) is 0 Å². The van der Waals surface area contributed by atoms with Gasteiger partial charge in [-0.1, -0.05) is 53.5 Å². The van der Waals surface area contributed by atoms with Crippen LogP contribution in [0.1, 0.15) is 5.56 Å². The van der Waals surface area contributed by atoms with E-state index in [-0.39, 0.29) is 37.7 Å². The summed E-state index contributed by atoms with van der Waals surface area (Å²) in [5, 5.41) is 2.05. The Morgan fingerprint density at radius 3 is 2.25 bits per heavy atom. The number of anilines is 1. The Labute approximate surface area is 216 Å². The molecule has 0 aromatic heterocycles. The van der Waals surface area contributed by atoms with Crippen molar-refractivity contribution in [1.29, 1.82) is 0 Å². The molecule has 0 radical (unpaired) electrons. The van der Waals surface area contributed by atoms with Gasteiger partial charge in [0.25, 0.3) is 11.8 Å². The van der Waals surface area contributed by atoms with Crippen molar-refractivity contribution in [3.8, 4) is 11.5 Å². The minimum absolute atomic E-state index is 0.0726. The Hall–Kier alpha value is -3.86. The number of rotatable bonds is 6. The number of barbiturate groups is 1. The average molecular weight is 547 g/mol. The number of ether oxygens (including phenoxy) is 1. The van der Waals surface area contributed by atoms with E-state index in [0.717, 1.165) is 4.90 Å². The van der Waals surface area contributed by atoms with Crippen LogP contribution in [0.5, 0.6) is 11.5 Å². The van der Waals surface area contributed by atoms with E-state index in [1.807, 2.05) is 0 Å². The largest absolute Gasteiger partial charge is 0.493 e. The fraction of sp³-hybridized carbons (Fsp3) is 0.0417. The van der Waals surface area contributed by atoms with E-state index in [4.69, 9.17) is 32.1 Å². The van der Waals surface area contributed by atoms with Crippen molar-refractivity contribution in [2.24, 2.45) is 0 Å². The predicted octanol–water partition coefficient (Wildman–Crippen LogP) is 4.44. The van der Waals surface area contributed by atoms with Crippen LogP contribution < -0.4 is 19.1 Å². The van der Waals surface area contributed by atoms with Gasteiger partial charge in [-0.3, -0.25) is 14.9 Å². The van der Waals surface area contributed by atoms with Crippen LogP contribution in [0.25, 0.3) is 6.08 Å². The maximum atomic E-state index is 13.1. The number of nitrogens with one attached hydrogen (secondary N) is 1. The summed E-state index contributed by atoms with van der Waals surface area (Å²) in [6, 6.07) is 15.2. The maximum Gasteiger partial charge on any atom is 0.339 e. The molecule has 12 heteroatoms.